The van der Waals surface area contributed by atoms with Gasteiger partial charge in [-0.25, -0.2) is 0 Å². The maximum Gasteiger partial charge on any atom is 2.00 e. The van der Waals surface area contributed by atoms with E-state index >= 15 is 0 Å². The number of nitrogens with zero attached hydrogens (tertiary/aromatic N) is 6. The quantitative estimate of drug-likeness (QED) is 0.142. The fraction of sp³-hybridized carbons (Fsp3) is 0.481. The van der Waals surface area contributed by atoms with Gasteiger partial charge in [-0.15, -0.1) is 23.3 Å². The van der Waals surface area contributed by atoms with Crippen LogP contribution in [0.3, 0.4) is 0 Å². The first kappa shape index (κ1) is 43.5. The number of rotatable bonds is 0. The van der Waals surface area contributed by atoms with Gasteiger partial charge in [0.25, 0.3) is 0 Å². The Bertz CT molecular complexity index is 2920. The van der Waals surface area contributed by atoms with Gasteiger partial charge in [-0.2, -0.15) is 0 Å². The van der Waals surface area contributed by atoms with Crippen molar-refractivity contribution in [2.24, 2.45) is 0 Å². The summed E-state index contributed by atoms with van der Waals surface area (Å²) in [4.78, 5) is 22.7. The van der Waals surface area contributed by atoms with E-state index in [1.54, 1.807) is 0 Å². The molecule has 61 heavy (non-hydrogen) atoms. The molecule has 7 heteroatoms. The summed E-state index contributed by atoms with van der Waals surface area (Å²) in [5, 5.41) is 1.92. The van der Waals surface area contributed by atoms with Crippen molar-refractivity contribution in [3.8, 4) is 11.1 Å². The Kier molecular flexibility index (Phi) is 9.58. The average Bonchev–Trinajstić information content (AvgIpc) is 3.69. The molecule has 0 saturated heterocycles. The van der Waals surface area contributed by atoms with E-state index < -0.39 is 0 Å². The zero-order chi connectivity index (χ0) is 43.6. The molecule has 0 amide bonds. The van der Waals surface area contributed by atoms with Gasteiger partial charge in [0, 0.05) is 33.3 Å². The Hall–Kier alpha value is -4.15. The molecular weight excluding hydrogens is 928 g/mol. The Morgan fingerprint density at radius 2 is 0.770 bits per heavy atom. The molecule has 1 aliphatic rings. The Balaban J connectivity index is 0.00000514. The minimum absolute atomic E-state index is 0. The van der Waals surface area contributed by atoms with Crippen LogP contribution in [0.1, 0.15) is 170 Å². The summed E-state index contributed by atoms with van der Waals surface area (Å²) in [5.41, 5.74) is 18.2. The van der Waals surface area contributed by atoms with Gasteiger partial charge in [0.1, 0.15) is 0 Å². The third kappa shape index (κ3) is 6.93. The number of hydrogen-bond acceptors (Lipinski definition) is 4. The molecule has 0 fully saturated rings. The SMILES string of the molecule is CC(C)(C)c1cc2c3nc4c5[c-]c(c(C(C)(C)C)nc5cc(C(C)(C)C)n4c3c1)CCc1[c-]c3c(cc(C(C)(C)C)n4c5cc(C(C)(C)C)cc-2c5nc34)nc1C(C)(C)C.[Pt+2]. The number of aryl methyl sites for hydroxylation is 2. The van der Waals surface area contributed by atoms with Crippen LogP contribution in [-0.2, 0) is 66.4 Å². The van der Waals surface area contributed by atoms with Crippen molar-refractivity contribution in [1.29, 1.82) is 0 Å². The first-order valence-corrected chi connectivity index (χ1v) is 22.1. The summed E-state index contributed by atoms with van der Waals surface area (Å²) >= 11 is 0. The van der Waals surface area contributed by atoms with Crippen LogP contribution in [0.4, 0.5) is 0 Å². The Morgan fingerprint density at radius 3 is 1.07 bits per heavy atom. The van der Waals surface area contributed by atoms with Gasteiger partial charge < -0.3 is 18.8 Å². The van der Waals surface area contributed by atoms with E-state index in [9.17, 15) is 0 Å². The zero-order valence-electron chi connectivity index (χ0n) is 39.9. The van der Waals surface area contributed by atoms with Gasteiger partial charge in [0.15, 0.2) is 0 Å². The molecule has 8 bridgehead atoms. The third-order valence-electron chi connectivity index (χ3n) is 12.7. The molecule has 0 atom stereocenters. The summed E-state index contributed by atoms with van der Waals surface area (Å²) in [6.45, 7) is 41.3. The fourth-order valence-corrected chi connectivity index (χ4v) is 9.38. The molecule has 9 rings (SSSR count). The number of pyridine rings is 4. The number of aromatic nitrogens is 6. The van der Waals surface area contributed by atoms with Crippen LogP contribution in [0, 0.1) is 12.1 Å². The minimum atomic E-state index is -0.203. The molecule has 320 valence electrons. The van der Waals surface area contributed by atoms with Gasteiger partial charge in [0.2, 0.25) is 0 Å². The Morgan fingerprint density at radius 1 is 0.426 bits per heavy atom. The molecule has 0 radical (unpaired) electrons. The van der Waals surface area contributed by atoms with E-state index in [1.807, 2.05) is 0 Å². The summed E-state index contributed by atoms with van der Waals surface area (Å²) in [6, 6.07) is 22.3. The van der Waals surface area contributed by atoms with E-state index in [0.717, 1.165) is 102 Å². The van der Waals surface area contributed by atoms with Crippen LogP contribution in [0.5, 0.6) is 0 Å². The van der Waals surface area contributed by atoms with Gasteiger partial charge in [-0.3, -0.25) is 9.97 Å². The molecule has 0 saturated carbocycles. The van der Waals surface area contributed by atoms with Crippen molar-refractivity contribution in [1.82, 2.24) is 28.7 Å². The van der Waals surface area contributed by atoms with Crippen LogP contribution in [0.15, 0.2) is 36.4 Å². The second-order valence-electron chi connectivity index (χ2n) is 24.0. The van der Waals surface area contributed by atoms with Crippen molar-refractivity contribution < 1.29 is 21.1 Å². The minimum Gasteiger partial charge on any atom is -0.348 e. The molecule has 0 aliphatic carbocycles. The van der Waals surface area contributed by atoms with E-state index in [0.29, 0.717) is 0 Å². The van der Waals surface area contributed by atoms with Crippen LogP contribution < -0.4 is 0 Å². The van der Waals surface area contributed by atoms with E-state index in [4.69, 9.17) is 19.9 Å². The van der Waals surface area contributed by atoms with Gasteiger partial charge in [0.05, 0.1) is 33.4 Å². The monoisotopic (exact) mass is 991 g/mol. The molecule has 6 nitrogen and oxygen atoms in total. The number of hydrogen-bond donors (Lipinski definition) is 0. The molecule has 0 N–H and O–H groups in total. The van der Waals surface area contributed by atoms with Crippen molar-refractivity contribution in [2.75, 3.05) is 0 Å². The van der Waals surface area contributed by atoms with Crippen LogP contribution in [-0.4, -0.2) is 28.7 Å². The molecule has 8 aromatic rings. The van der Waals surface area contributed by atoms with Gasteiger partial charge in [-0.1, -0.05) is 148 Å². The zero-order valence-corrected chi connectivity index (χ0v) is 42.2. The van der Waals surface area contributed by atoms with Crippen LogP contribution >= 0.6 is 0 Å². The molecule has 0 unspecified atom stereocenters. The van der Waals surface area contributed by atoms with Crippen LogP contribution in [0.2, 0.25) is 0 Å². The summed E-state index contributed by atoms with van der Waals surface area (Å²) in [7, 11) is 0. The predicted molar refractivity (Wildman–Crippen MR) is 252 cm³/mol. The average molecular weight is 992 g/mol. The smallest absolute Gasteiger partial charge is 0.348 e. The van der Waals surface area contributed by atoms with E-state index in [1.165, 1.54) is 22.5 Å². The summed E-state index contributed by atoms with van der Waals surface area (Å²) in [5.74, 6) is 0. The van der Waals surface area contributed by atoms with Gasteiger partial charge in [-0.05, 0) is 92.3 Å². The van der Waals surface area contributed by atoms with Crippen LogP contribution in [0.25, 0.3) is 66.3 Å². The number of imidazole rings is 2. The van der Waals surface area contributed by atoms with Crippen molar-refractivity contribution in [3.05, 3.63) is 93.6 Å². The molecule has 6 aromatic heterocycles. The first-order valence-electron chi connectivity index (χ1n) is 22.1. The Labute approximate surface area is 377 Å². The van der Waals surface area contributed by atoms with E-state index in [-0.39, 0.29) is 53.6 Å². The summed E-state index contributed by atoms with van der Waals surface area (Å²) < 4.78 is 4.86. The molecule has 1 aliphatic heterocycles. The standard InChI is InChI=1S/C54H64N6.Pt/c1-49(2,3)31-23-33-34-24-32(50(4,5)6)26-40-44(34)58-48-36-22-30(46(54(16,17)18)56-38(36)28-42(60(40)48)52(10,11)12)20-19-29-21-35-37(55-45(29)53(13,14)15)27-41(51(7,8)9)59-39(25-31)43(33)57-47(35)59;/h23-28H,19-20H2,1-18H3;/q-2;+2. The largest absolute Gasteiger partial charge is 2.00 e. The normalized spacial score (nSPS) is 14.5. The van der Waals surface area contributed by atoms with Crippen molar-refractivity contribution in [3.63, 3.8) is 0 Å². The second kappa shape index (κ2) is 13.4. The second-order valence-corrected chi connectivity index (χ2v) is 24.0. The number of fused-ring (bicyclic) bond motifs is 5. The summed E-state index contributed by atoms with van der Waals surface area (Å²) in [6.07, 6.45) is 1.50. The van der Waals surface area contributed by atoms with Crippen molar-refractivity contribution in [2.45, 2.75) is 170 Å². The van der Waals surface area contributed by atoms with Crippen molar-refractivity contribution >= 4 is 55.2 Å². The maximum absolute atomic E-state index is 5.76. The maximum atomic E-state index is 5.76. The topological polar surface area (TPSA) is 60.4 Å². The molecule has 7 heterocycles. The predicted octanol–water partition coefficient (Wildman–Crippen LogP) is 13.5. The number of benzene rings is 2. The molecule has 2 aromatic carbocycles. The fourth-order valence-electron chi connectivity index (χ4n) is 9.38. The van der Waals surface area contributed by atoms with Gasteiger partial charge >= 0.3 is 21.1 Å². The third-order valence-corrected chi connectivity index (χ3v) is 12.7. The molecular formula is C54H64N6Pt. The van der Waals surface area contributed by atoms with E-state index in [2.05, 4.69) is 182 Å². The first-order chi connectivity index (χ1) is 27.5. The molecule has 0 spiro atoms.